The normalized spacial score (nSPS) is 9.57. The van der Waals surface area contributed by atoms with Crippen molar-refractivity contribution in [3.63, 3.8) is 0 Å². The fourth-order valence-electron chi connectivity index (χ4n) is 0.716. The maximum absolute atomic E-state index is 10.9. The molecule has 0 fully saturated rings. The third-order valence-corrected chi connectivity index (χ3v) is 1.43. The summed E-state index contributed by atoms with van der Waals surface area (Å²) >= 11 is 5.57. The highest BCUT2D eigenvalue weighted by Gasteiger charge is 2.04. The zero-order valence-corrected chi connectivity index (χ0v) is 8.32. The van der Waals surface area contributed by atoms with Crippen LogP contribution in [0, 0.1) is 0 Å². The quantitative estimate of drug-likeness (QED) is 0.557. The lowest BCUT2D eigenvalue weighted by Crippen LogP contribution is -2.15. The monoisotopic (exact) mass is 216 g/mol. The maximum atomic E-state index is 10.9. The molecule has 1 rings (SSSR count). The van der Waals surface area contributed by atoms with Gasteiger partial charge in [-0.05, 0) is 13.0 Å². The van der Waals surface area contributed by atoms with E-state index >= 15 is 0 Å². The molecule has 0 saturated heterocycles. The predicted octanol–water partition coefficient (Wildman–Crippen LogP) is 1.07. The minimum absolute atomic E-state index is 0.0607. The van der Waals surface area contributed by atoms with Gasteiger partial charge in [-0.25, -0.2) is 9.78 Å². The third kappa shape index (κ3) is 3.57. The molecule has 76 valence electrons. The SMILES string of the molecule is CCOC(=O)COc1nccc(Cl)n1. The van der Waals surface area contributed by atoms with Crippen LogP contribution in [0.1, 0.15) is 6.92 Å². The van der Waals surface area contributed by atoms with Crippen LogP contribution < -0.4 is 4.74 Å². The van der Waals surface area contributed by atoms with Crippen LogP contribution in [-0.2, 0) is 9.53 Å². The first kappa shape index (κ1) is 10.7. The van der Waals surface area contributed by atoms with E-state index in [-0.39, 0.29) is 17.8 Å². The van der Waals surface area contributed by atoms with Crippen molar-refractivity contribution in [1.29, 1.82) is 0 Å². The second kappa shape index (κ2) is 5.39. The van der Waals surface area contributed by atoms with Crippen LogP contribution >= 0.6 is 11.6 Å². The van der Waals surface area contributed by atoms with Gasteiger partial charge in [0.25, 0.3) is 0 Å². The number of hydrogen-bond donors (Lipinski definition) is 0. The fourth-order valence-corrected chi connectivity index (χ4v) is 0.844. The van der Waals surface area contributed by atoms with Crippen molar-refractivity contribution in [2.45, 2.75) is 6.92 Å². The van der Waals surface area contributed by atoms with Gasteiger partial charge in [0.05, 0.1) is 6.61 Å². The van der Waals surface area contributed by atoms with E-state index in [1.54, 1.807) is 6.92 Å². The summed E-state index contributed by atoms with van der Waals surface area (Å²) < 4.78 is 9.56. The van der Waals surface area contributed by atoms with Crippen molar-refractivity contribution >= 4 is 17.6 Å². The number of ether oxygens (including phenoxy) is 2. The van der Waals surface area contributed by atoms with E-state index in [9.17, 15) is 4.79 Å². The van der Waals surface area contributed by atoms with Crippen LogP contribution in [0.3, 0.4) is 0 Å². The molecule has 0 aliphatic rings. The van der Waals surface area contributed by atoms with Crippen LogP contribution in [0.25, 0.3) is 0 Å². The molecule has 5 nitrogen and oxygen atoms in total. The van der Waals surface area contributed by atoms with Gasteiger partial charge in [-0.2, -0.15) is 4.98 Å². The molecule has 6 heteroatoms. The zero-order chi connectivity index (χ0) is 10.4. The van der Waals surface area contributed by atoms with Crippen LogP contribution in [-0.4, -0.2) is 29.2 Å². The van der Waals surface area contributed by atoms with Gasteiger partial charge in [-0.1, -0.05) is 11.6 Å². The van der Waals surface area contributed by atoms with Gasteiger partial charge in [-0.15, -0.1) is 0 Å². The Morgan fingerprint density at radius 1 is 1.64 bits per heavy atom. The van der Waals surface area contributed by atoms with Crippen molar-refractivity contribution in [3.8, 4) is 6.01 Å². The van der Waals surface area contributed by atoms with Crippen molar-refractivity contribution < 1.29 is 14.3 Å². The minimum atomic E-state index is -0.462. The predicted molar refractivity (Wildman–Crippen MR) is 49.2 cm³/mol. The number of halogens is 1. The average Bonchev–Trinajstić information content (AvgIpc) is 2.15. The molecule has 0 N–H and O–H groups in total. The first-order chi connectivity index (χ1) is 6.72. The highest BCUT2D eigenvalue weighted by atomic mass is 35.5. The molecule has 1 aromatic rings. The van der Waals surface area contributed by atoms with Crippen molar-refractivity contribution in [2.24, 2.45) is 0 Å². The van der Waals surface area contributed by atoms with Crippen LogP contribution in [0.4, 0.5) is 0 Å². The summed E-state index contributed by atoms with van der Waals surface area (Å²) in [6, 6.07) is 1.57. The van der Waals surface area contributed by atoms with E-state index in [0.29, 0.717) is 6.61 Å². The molecule has 14 heavy (non-hydrogen) atoms. The number of hydrogen-bond acceptors (Lipinski definition) is 5. The van der Waals surface area contributed by atoms with Gasteiger partial charge in [-0.3, -0.25) is 0 Å². The van der Waals surface area contributed by atoms with Gasteiger partial charge >= 0.3 is 12.0 Å². The molecule has 0 aliphatic carbocycles. The lowest BCUT2D eigenvalue weighted by atomic mass is 10.7. The lowest BCUT2D eigenvalue weighted by Gasteiger charge is -2.03. The van der Waals surface area contributed by atoms with Gasteiger partial charge in [0.1, 0.15) is 5.15 Å². The topological polar surface area (TPSA) is 61.3 Å². The Morgan fingerprint density at radius 3 is 3.07 bits per heavy atom. The van der Waals surface area contributed by atoms with Crippen molar-refractivity contribution in [3.05, 3.63) is 17.4 Å². The standard InChI is InChI=1S/C8H9ClN2O3/c1-2-13-7(12)5-14-8-10-4-3-6(9)11-8/h3-4H,2,5H2,1H3. The molecule has 1 heterocycles. The smallest absolute Gasteiger partial charge is 0.344 e. The Bertz CT molecular complexity index is 319. The summed E-state index contributed by atoms with van der Waals surface area (Å²) in [5, 5.41) is 0.263. The van der Waals surface area contributed by atoms with Crippen LogP contribution in [0.2, 0.25) is 5.15 Å². The van der Waals surface area contributed by atoms with Crippen LogP contribution in [0.5, 0.6) is 6.01 Å². The lowest BCUT2D eigenvalue weighted by molar-refractivity contribution is -0.145. The molecule has 0 saturated carbocycles. The minimum Gasteiger partial charge on any atom is -0.463 e. The number of carbonyl (C=O) groups excluding carboxylic acids is 1. The largest absolute Gasteiger partial charge is 0.463 e. The van der Waals surface area contributed by atoms with E-state index in [0.717, 1.165) is 0 Å². The van der Waals surface area contributed by atoms with Crippen molar-refractivity contribution in [1.82, 2.24) is 9.97 Å². The Kier molecular flexibility index (Phi) is 4.12. The molecule has 1 aromatic heterocycles. The third-order valence-electron chi connectivity index (χ3n) is 1.22. The summed E-state index contributed by atoms with van der Waals surface area (Å²) in [4.78, 5) is 18.3. The number of aromatic nitrogens is 2. The van der Waals surface area contributed by atoms with Gasteiger partial charge in [0.2, 0.25) is 0 Å². The van der Waals surface area contributed by atoms with Gasteiger partial charge < -0.3 is 9.47 Å². The molecule has 0 spiro atoms. The fraction of sp³-hybridized carbons (Fsp3) is 0.375. The molecule has 0 aromatic carbocycles. The van der Waals surface area contributed by atoms with E-state index in [2.05, 4.69) is 14.7 Å². The average molecular weight is 217 g/mol. The molecule has 0 unspecified atom stereocenters. The summed E-state index contributed by atoms with van der Waals surface area (Å²) in [6.07, 6.45) is 1.44. The van der Waals surface area contributed by atoms with Crippen molar-refractivity contribution in [2.75, 3.05) is 13.2 Å². The van der Waals surface area contributed by atoms with E-state index < -0.39 is 5.97 Å². The Hall–Kier alpha value is -1.36. The Balaban J connectivity index is 2.41. The Labute approximate surface area is 86.0 Å². The van der Waals surface area contributed by atoms with E-state index in [1.165, 1.54) is 12.3 Å². The van der Waals surface area contributed by atoms with Gasteiger partial charge in [0, 0.05) is 6.20 Å². The summed E-state index contributed by atoms with van der Waals surface area (Å²) in [7, 11) is 0. The maximum Gasteiger partial charge on any atom is 0.344 e. The summed E-state index contributed by atoms with van der Waals surface area (Å²) in [5.41, 5.74) is 0. The zero-order valence-electron chi connectivity index (χ0n) is 7.57. The van der Waals surface area contributed by atoms with E-state index in [4.69, 9.17) is 16.3 Å². The molecule has 0 radical (unpaired) electrons. The summed E-state index contributed by atoms with van der Waals surface area (Å²) in [6.45, 7) is 1.82. The first-order valence-corrected chi connectivity index (χ1v) is 4.37. The molecular formula is C8H9ClN2O3. The van der Waals surface area contributed by atoms with Gasteiger partial charge in [0.15, 0.2) is 6.61 Å². The molecule has 0 aliphatic heterocycles. The molecule has 0 bridgehead atoms. The second-order valence-electron chi connectivity index (χ2n) is 2.26. The number of rotatable bonds is 4. The summed E-state index contributed by atoms with van der Waals surface area (Å²) in [5.74, 6) is -0.462. The first-order valence-electron chi connectivity index (χ1n) is 3.99. The number of esters is 1. The van der Waals surface area contributed by atoms with Crippen LogP contribution in [0.15, 0.2) is 12.3 Å². The van der Waals surface area contributed by atoms with E-state index in [1.807, 2.05) is 0 Å². The Morgan fingerprint density at radius 2 is 2.43 bits per heavy atom. The second-order valence-corrected chi connectivity index (χ2v) is 2.64. The molecular weight excluding hydrogens is 208 g/mol. The molecule has 0 amide bonds. The highest BCUT2D eigenvalue weighted by Crippen LogP contribution is 2.07. The highest BCUT2D eigenvalue weighted by molar-refractivity contribution is 6.29. The molecule has 0 atom stereocenters. The number of carbonyl (C=O) groups is 1. The number of nitrogens with zero attached hydrogens (tertiary/aromatic N) is 2.